The zero-order valence-corrected chi connectivity index (χ0v) is 5.33. The van der Waals surface area contributed by atoms with Crippen molar-refractivity contribution in [2.45, 2.75) is 0 Å². The van der Waals surface area contributed by atoms with Gasteiger partial charge in [-0.15, -0.1) is 0 Å². The Morgan fingerprint density at radius 3 is 2.90 bits per heavy atom. The predicted octanol–water partition coefficient (Wildman–Crippen LogP) is 0.931. The van der Waals surface area contributed by atoms with E-state index in [1.54, 1.807) is 0 Å². The van der Waals surface area contributed by atoms with Gasteiger partial charge in [0.05, 0.1) is 12.0 Å². The van der Waals surface area contributed by atoms with E-state index in [4.69, 9.17) is 0 Å². The molecule has 0 saturated heterocycles. The summed E-state index contributed by atoms with van der Waals surface area (Å²) in [6.45, 7) is 0. The molecule has 1 N–H and O–H groups in total. The number of nitrogens with one attached hydrogen (secondary N) is 1. The van der Waals surface area contributed by atoms with Crippen LogP contribution >= 0.6 is 0 Å². The van der Waals surface area contributed by atoms with Crippen molar-refractivity contribution in [2.24, 2.45) is 0 Å². The maximum absolute atomic E-state index is 10.1. The number of hydrogen-bond donors (Lipinski definition) is 1. The van der Waals surface area contributed by atoms with Crippen LogP contribution in [0.4, 0.5) is 5.69 Å². The first-order valence-electron chi connectivity index (χ1n) is 2.61. The molecule has 1 rings (SSSR count). The van der Waals surface area contributed by atoms with Gasteiger partial charge in [-0.3, -0.25) is 10.1 Å². The van der Waals surface area contributed by atoms with Crippen molar-refractivity contribution in [3.05, 3.63) is 22.4 Å². The third-order valence-corrected chi connectivity index (χ3v) is 1.09. The van der Waals surface area contributed by atoms with E-state index in [2.05, 4.69) is 9.72 Å². The first kappa shape index (κ1) is 6.60. The lowest BCUT2D eigenvalue weighted by Crippen LogP contribution is -1.90. The normalized spacial score (nSPS) is 9.30. The smallest absolute Gasteiger partial charge is 0.330 e. The summed E-state index contributed by atoms with van der Waals surface area (Å²) in [6, 6.07) is 1.35. The summed E-state index contributed by atoms with van der Waals surface area (Å²) in [4.78, 5) is 12.2. The highest BCUT2D eigenvalue weighted by Gasteiger charge is 2.13. The number of aromatic nitrogens is 1. The molecule has 0 bridgehead atoms. The molecular weight excluding hydrogens is 136 g/mol. The number of ether oxygens (including phenoxy) is 1. The Morgan fingerprint density at radius 1 is 1.80 bits per heavy atom. The van der Waals surface area contributed by atoms with Crippen LogP contribution in [-0.4, -0.2) is 17.0 Å². The van der Waals surface area contributed by atoms with Crippen LogP contribution in [0.1, 0.15) is 0 Å². The van der Waals surface area contributed by atoms with Crippen LogP contribution in [0.5, 0.6) is 5.88 Å². The number of nitrogens with zero attached hydrogens (tertiary/aromatic N) is 1. The lowest BCUT2D eigenvalue weighted by molar-refractivity contribution is -0.385. The molecule has 54 valence electrons. The average Bonchev–Trinajstić information content (AvgIpc) is 2.33. The third-order valence-electron chi connectivity index (χ3n) is 1.09. The molecule has 0 radical (unpaired) electrons. The molecule has 0 unspecified atom stereocenters. The number of methoxy groups -OCH3 is 1. The zero-order valence-electron chi connectivity index (χ0n) is 5.33. The monoisotopic (exact) mass is 142 g/mol. The maximum atomic E-state index is 10.1. The van der Waals surface area contributed by atoms with Crippen molar-refractivity contribution >= 4 is 5.69 Å². The summed E-state index contributed by atoms with van der Waals surface area (Å²) < 4.78 is 4.65. The summed E-state index contributed by atoms with van der Waals surface area (Å²) in [6.07, 6.45) is 1.46. The van der Waals surface area contributed by atoms with E-state index in [1.807, 2.05) is 0 Å². The van der Waals surface area contributed by atoms with E-state index in [0.717, 1.165) is 0 Å². The molecule has 0 amide bonds. The van der Waals surface area contributed by atoms with Crippen LogP contribution in [0.3, 0.4) is 0 Å². The highest BCUT2D eigenvalue weighted by Crippen LogP contribution is 2.22. The Morgan fingerprint density at radius 2 is 2.50 bits per heavy atom. The van der Waals surface area contributed by atoms with Crippen molar-refractivity contribution < 1.29 is 9.66 Å². The van der Waals surface area contributed by atoms with Crippen molar-refractivity contribution in [1.82, 2.24) is 4.98 Å². The summed E-state index contributed by atoms with van der Waals surface area (Å²) in [5.41, 5.74) is -0.0394. The maximum Gasteiger partial charge on any atom is 0.330 e. The molecule has 0 aliphatic rings. The van der Waals surface area contributed by atoms with Crippen molar-refractivity contribution in [2.75, 3.05) is 7.11 Å². The Kier molecular flexibility index (Phi) is 1.57. The van der Waals surface area contributed by atoms with Gasteiger partial charge in [-0.05, 0) is 0 Å². The predicted molar refractivity (Wildman–Crippen MR) is 34.0 cm³/mol. The molecule has 0 spiro atoms. The van der Waals surface area contributed by atoms with Crippen LogP contribution in [-0.2, 0) is 0 Å². The summed E-state index contributed by atoms with van der Waals surface area (Å²) in [5, 5.41) is 10.1. The Balaban J connectivity index is 3.01. The van der Waals surface area contributed by atoms with E-state index in [1.165, 1.54) is 19.4 Å². The van der Waals surface area contributed by atoms with Crippen LogP contribution in [0.25, 0.3) is 0 Å². The van der Waals surface area contributed by atoms with Crippen LogP contribution < -0.4 is 4.74 Å². The first-order chi connectivity index (χ1) is 4.75. The van der Waals surface area contributed by atoms with E-state index < -0.39 is 4.92 Å². The van der Waals surface area contributed by atoms with Crippen LogP contribution in [0.2, 0.25) is 0 Å². The Hall–Kier alpha value is -1.52. The number of rotatable bonds is 2. The minimum Gasteiger partial charge on any atom is -0.477 e. The van der Waals surface area contributed by atoms with Gasteiger partial charge in [0, 0.05) is 12.3 Å². The van der Waals surface area contributed by atoms with Crippen molar-refractivity contribution in [3.8, 4) is 5.88 Å². The molecule has 0 aromatic carbocycles. The minimum atomic E-state index is -0.505. The van der Waals surface area contributed by atoms with Gasteiger partial charge in [-0.2, -0.15) is 0 Å². The van der Waals surface area contributed by atoms with Crippen molar-refractivity contribution in [3.63, 3.8) is 0 Å². The lowest BCUT2D eigenvalue weighted by Gasteiger charge is -1.91. The van der Waals surface area contributed by atoms with Gasteiger partial charge < -0.3 is 9.72 Å². The number of hydrogen-bond acceptors (Lipinski definition) is 3. The minimum absolute atomic E-state index is 0.0394. The summed E-state index contributed by atoms with van der Waals surface area (Å²) in [5.74, 6) is 0.185. The first-order valence-corrected chi connectivity index (χ1v) is 2.61. The molecule has 10 heavy (non-hydrogen) atoms. The van der Waals surface area contributed by atoms with Gasteiger partial charge in [0.25, 0.3) is 5.88 Å². The Labute approximate surface area is 56.8 Å². The number of H-pyrrole nitrogens is 1. The fourth-order valence-electron chi connectivity index (χ4n) is 0.653. The second-order valence-electron chi connectivity index (χ2n) is 1.65. The van der Waals surface area contributed by atoms with E-state index in [0.29, 0.717) is 0 Å². The fourth-order valence-corrected chi connectivity index (χ4v) is 0.653. The quantitative estimate of drug-likeness (QED) is 0.493. The third kappa shape index (κ3) is 0.928. The van der Waals surface area contributed by atoms with Gasteiger partial charge in [-0.25, -0.2) is 0 Å². The molecule has 0 fully saturated rings. The molecule has 0 saturated carbocycles. The fraction of sp³-hybridized carbons (Fsp3) is 0.200. The molecule has 1 aromatic heterocycles. The average molecular weight is 142 g/mol. The van der Waals surface area contributed by atoms with Gasteiger partial charge in [-0.1, -0.05) is 0 Å². The standard InChI is InChI=1S/C5H6N2O3/c1-10-5-4(7(8)9)2-3-6-5/h2-3,6H,1H3. The topological polar surface area (TPSA) is 68.2 Å². The molecule has 1 aromatic rings. The largest absolute Gasteiger partial charge is 0.477 e. The molecule has 5 heteroatoms. The molecular formula is C5H6N2O3. The van der Waals surface area contributed by atoms with Gasteiger partial charge in [0.2, 0.25) is 0 Å². The van der Waals surface area contributed by atoms with Crippen LogP contribution in [0.15, 0.2) is 12.3 Å². The van der Waals surface area contributed by atoms with E-state index >= 15 is 0 Å². The molecule has 1 heterocycles. The number of nitro groups is 1. The summed E-state index contributed by atoms with van der Waals surface area (Å²) >= 11 is 0. The Bertz CT molecular complexity index is 243. The lowest BCUT2D eigenvalue weighted by atomic mass is 10.5. The van der Waals surface area contributed by atoms with Gasteiger partial charge >= 0.3 is 5.69 Å². The molecule has 0 aliphatic heterocycles. The van der Waals surface area contributed by atoms with Gasteiger partial charge in [0.1, 0.15) is 0 Å². The second-order valence-corrected chi connectivity index (χ2v) is 1.65. The van der Waals surface area contributed by atoms with Crippen LogP contribution in [0, 0.1) is 10.1 Å². The molecule has 5 nitrogen and oxygen atoms in total. The van der Waals surface area contributed by atoms with Gasteiger partial charge in [0.15, 0.2) is 0 Å². The summed E-state index contributed by atoms with van der Waals surface area (Å²) in [7, 11) is 1.37. The SMILES string of the molecule is COc1[nH]ccc1[N+](=O)[O-]. The highest BCUT2D eigenvalue weighted by atomic mass is 16.6. The highest BCUT2D eigenvalue weighted by molar-refractivity contribution is 5.40. The molecule has 0 atom stereocenters. The van der Waals surface area contributed by atoms with Crippen molar-refractivity contribution in [1.29, 1.82) is 0 Å². The van der Waals surface area contributed by atoms with E-state index in [-0.39, 0.29) is 11.6 Å². The zero-order chi connectivity index (χ0) is 7.56. The molecule has 0 aliphatic carbocycles. The number of aromatic amines is 1. The second kappa shape index (κ2) is 2.38. The van der Waals surface area contributed by atoms with E-state index in [9.17, 15) is 10.1 Å².